The minimum atomic E-state index is -1.64. The molecule has 8 heteroatoms. The van der Waals surface area contributed by atoms with Crippen LogP contribution in [0.5, 0.6) is 0 Å². The molecule has 1 aromatic heterocycles. The lowest BCUT2D eigenvalue weighted by Crippen LogP contribution is -2.65. The van der Waals surface area contributed by atoms with Crippen LogP contribution in [0, 0.1) is 5.41 Å². The minimum absolute atomic E-state index is 0.186. The number of nitrogens with one attached hydrogen (secondary N) is 2. The van der Waals surface area contributed by atoms with Gasteiger partial charge < -0.3 is 10.2 Å². The molecule has 1 rings (SSSR count). The Bertz CT molecular complexity index is 583. The van der Waals surface area contributed by atoms with Gasteiger partial charge in [0.2, 0.25) is 0 Å². The zero-order chi connectivity index (χ0) is 17.7. The largest absolute Gasteiger partial charge is 0.481 e. The van der Waals surface area contributed by atoms with Gasteiger partial charge in [0.05, 0.1) is 5.56 Å². The second kappa shape index (κ2) is 7.19. The van der Waals surface area contributed by atoms with Gasteiger partial charge >= 0.3 is 11.9 Å². The van der Waals surface area contributed by atoms with Gasteiger partial charge in [0.25, 0.3) is 5.91 Å². The van der Waals surface area contributed by atoms with Crippen molar-refractivity contribution in [3.05, 3.63) is 30.1 Å². The van der Waals surface area contributed by atoms with Gasteiger partial charge in [-0.15, -0.1) is 0 Å². The van der Waals surface area contributed by atoms with Gasteiger partial charge in [-0.25, -0.2) is 5.43 Å². The highest BCUT2D eigenvalue weighted by Gasteiger charge is 2.49. The van der Waals surface area contributed by atoms with Crippen LogP contribution in [0.15, 0.2) is 24.5 Å². The molecule has 8 nitrogen and oxygen atoms in total. The molecule has 23 heavy (non-hydrogen) atoms. The van der Waals surface area contributed by atoms with E-state index in [0.717, 1.165) is 0 Å². The van der Waals surface area contributed by atoms with Gasteiger partial charge in [-0.05, 0) is 24.0 Å². The lowest BCUT2D eigenvalue weighted by atomic mass is 9.71. The maximum absolute atomic E-state index is 12.1. The van der Waals surface area contributed by atoms with Gasteiger partial charge in [0, 0.05) is 18.8 Å². The van der Waals surface area contributed by atoms with E-state index >= 15 is 0 Å². The lowest BCUT2D eigenvalue weighted by molar-refractivity contribution is -0.152. The molecule has 0 aliphatic carbocycles. The van der Waals surface area contributed by atoms with Crippen LogP contribution in [-0.2, 0) is 9.59 Å². The third-order valence-electron chi connectivity index (χ3n) is 3.67. The first kappa shape index (κ1) is 18.6. The van der Waals surface area contributed by atoms with Crippen molar-refractivity contribution in [3.8, 4) is 0 Å². The Morgan fingerprint density at radius 1 is 1.22 bits per heavy atom. The summed E-state index contributed by atoms with van der Waals surface area (Å²) in [5.41, 5.74) is 2.65. The van der Waals surface area contributed by atoms with Crippen molar-refractivity contribution in [2.75, 3.05) is 0 Å². The summed E-state index contributed by atoms with van der Waals surface area (Å²) < 4.78 is 0. The number of nitrogens with zero attached hydrogens (tertiary/aromatic N) is 1. The lowest BCUT2D eigenvalue weighted by Gasteiger charge is -2.41. The number of rotatable bonds is 7. The fourth-order valence-electron chi connectivity index (χ4n) is 2.13. The summed E-state index contributed by atoms with van der Waals surface area (Å²) in [6.45, 7) is 4.98. The van der Waals surface area contributed by atoms with E-state index in [9.17, 15) is 19.5 Å². The Morgan fingerprint density at radius 2 is 1.87 bits per heavy atom. The second-order valence-electron chi connectivity index (χ2n) is 6.18. The Hall–Kier alpha value is -2.48. The number of carbonyl (C=O) groups excluding carboxylic acids is 1. The number of carbonyl (C=O) groups is 3. The van der Waals surface area contributed by atoms with Crippen LogP contribution >= 0.6 is 0 Å². The average molecular weight is 323 g/mol. The number of hydrazine groups is 1. The van der Waals surface area contributed by atoms with Gasteiger partial charge in [0.15, 0.2) is 0 Å². The predicted molar refractivity (Wildman–Crippen MR) is 81.5 cm³/mol. The highest BCUT2D eigenvalue weighted by Crippen LogP contribution is 2.34. The molecule has 0 fully saturated rings. The SMILES string of the molecule is CC(C)(C)[C@@](CCC(=O)O)(NNC(=O)c1cccnc1)C(=O)O. The molecule has 0 saturated carbocycles. The number of hydrogen-bond donors (Lipinski definition) is 4. The minimum Gasteiger partial charge on any atom is -0.481 e. The van der Waals surface area contributed by atoms with Crippen molar-refractivity contribution in [3.63, 3.8) is 0 Å². The van der Waals surface area contributed by atoms with E-state index in [1.165, 1.54) is 18.5 Å². The van der Waals surface area contributed by atoms with E-state index in [-0.39, 0.29) is 18.4 Å². The third kappa shape index (κ3) is 4.49. The first-order chi connectivity index (χ1) is 10.6. The van der Waals surface area contributed by atoms with Crippen molar-refractivity contribution in [2.45, 2.75) is 39.2 Å². The van der Waals surface area contributed by atoms with Gasteiger partial charge in [-0.1, -0.05) is 20.8 Å². The van der Waals surface area contributed by atoms with E-state index in [0.29, 0.717) is 0 Å². The number of pyridine rings is 1. The van der Waals surface area contributed by atoms with Gasteiger partial charge in [0.1, 0.15) is 5.54 Å². The molecule has 0 unspecified atom stereocenters. The molecule has 1 heterocycles. The van der Waals surface area contributed by atoms with Gasteiger partial charge in [-0.3, -0.25) is 24.8 Å². The van der Waals surface area contributed by atoms with Crippen molar-refractivity contribution in [2.24, 2.45) is 5.41 Å². The smallest absolute Gasteiger partial charge is 0.326 e. The Morgan fingerprint density at radius 3 is 2.30 bits per heavy atom. The molecule has 1 aromatic rings. The molecule has 0 bridgehead atoms. The maximum atomic E-state index is 12.1. The highest BCUT2D eigenvalue weighted by atomic mass is 16.4. The summed E-state index contributed by atoms with van der Waals surface area (Å²) in [7, 11) is 0. The molecule has 0 radical (unpaired) electrons. The number of aliphatic carboxylic acids is 2. The Balaban J connectivity index is 2.98. The summed E-state index contributed by atoms with van der Waals surface area (Å²) in [6, 6.07) is 3.11. The first-order valence-corrected chi connectivity index (χ1v) is 7.03. The highest BCUT2D eigenvalue weighted by molar-refractivity contribution is 5.94. The number of amides is 1. The van der Waals surface area contributed by atoms with E-state index in [4.69, 9.17) is 5.11 Å². The predicted octanol–water partition coefficient (Wildman–Crippen LogP) is 1.05. The van der Waals surface area contributed by atoms with E-state index in [2.05, 4.69) is 15.8 Å². The zero-order valence-corrected chi connectivity index (χ0v) is 13.3. The first-order valence-electron chi connectivity index (χ1n) is 7.03. The summed E-state index contributed by atoms with van der Waals surface area (Å²) in [4.78, 5) is 38.5. The molecule has 4 N–H and O–H groups in total. The summed E-state index contributed by atoms with van der Waals surface area (Å²) >= 11 is 0. The van der Waals surface area contributed by atoms with Crippen LogP contribution in [-0.4, -0.2) is 38.6 Å². The number of hydrogen-bond acceptors (Lipinski definition) is 5. The van der Waals surface area contributed by atoms with Crippen molar-refractivity contribution in [1.82, 2.24) is 15.8 Å². The van der Waals surface area contributed by atoms with Crippen molar-refractivity contribution < 1.29 is 24.6 Å². The quantitative estimate of drug-likeness (QED) is 0.552. The Kier molecular flexibility index (Phi) is 5.80. The van der Waals surface area contributed by atoms with Crippen molar-refractivity contribution in [1.29, 1.82) is 0 Å². The average Bonchev–Trinajstić information content (AvgIpc) is 2.46. The third-order valence-corrected chi connectivity index (χ3v) is 3.67. The number of carboxylic acid groups (broad SMARTS) is 2. The van der Waals surface area contributed by atoms with Crippen molar-refractivity contribution >= 4 is 17.8 Å². The molecule has 126 valence electrons. The standard InChI is InChI=1S/C15H21N3O5/c1-14(2,3)15(13(22)23,7-6-11(19)20)18-17-12(21)10-5-4-8-16-9-10/h4-5,8-9,18H,6-7H2,1-3H3,(H,17,21)(H,19,20)(H,22,23)/t15-/m0/s1. The normalized spacial score (nSPS) is 13.9. The molecule has 0 aliphatic rings. The molecule has 0 aliphatic heterocycles. The molecular formula is C15H21N3O5. The van der Waals surface area contributed by atoms with Crippen LogP contribution in [0.3, 0.4) is 0 Å². The number of aromatic nitrogens is 1. The summed E-state index contributed by atoms with van der Waals surface area (Å²) in [5.74, 6) is -2.90. The summed E-state index contributed by atoms with van der Waals surface area (Å²) in [5, 5.41) is 18.5. The van der Waals surface area contributed by atoms with E-state index < -0.39 is 28.8 Å². The topological polar surface area (TPSA) is 129 Å². The summed E-state index contributed by atoms with van der Waals surface area (Å²) in [6.07, 6.45) is 2.31. The molecule has 1 amide bonds. The zero-order valence-electron chi connectivity index (χ0n) is 13.3. The van der Waals surface area contributed by atoms with Crippen LogP contribution in [0.1, 0.15) is 44.0 Å². The molecule has 0 aromatic carbocycles. The monoisotopic (exact) mass is 323 g/mol. The molecular weight excluding hydrogens is 302 g/mol. The van der Waals surface area contributed by atoms with Crippen LogP contribution in [0.25, 0.3) is 0 Å². The maximum Gasteiger partial charge on any atom is 0.326 e. The fraction of sp³-hybridized carbons (Fsp3) is 0.467. The second-order valence-corrected chi connectivity index (χ2v) is 6.18. The van der Waals surface area contributed by atoms with Crippen LogP contribution in [0.2, 0.25) is 0 Å². The molecule has 1 atom stereocenters. The van der Waals surface area contributed by atoms with E-state index in [1.54, 1.807) is 26.8 Å². The van der Waals surface area contributed by atoms with Crippen LogP contribution in [0.4, 0.5) is 0 Å². The number of carboxylic acids is 2. The fourth-order valence-corrected chi connectivity index (χ4v) is 2.13. The van der Waals surface area contributed by atoms with Crippen LogP contribution < -0.4 is 10.9 Å². The molecule has 0 spiro atoms. The van der Waals surface area contributed by atoms with E-state index in [1.807, 2.05) is 0 Å². The van der Waals surface area contributed by atoms with Gasteiger partial charge in [-0.2, -0.15) is 0 Å². The Labute approximate surface area is 133 Å². The molecule has 0 saturated heterocycles.